The van der Waals surface area contributed by atoms with E-state index in [1.54, 1.807) is 11.3 Å². The molecule has 0 unspecified atom stereocenters. The van der Waals surface area contributed by atoms with Crippen molar-refractivity contribution in [3.05, 3.63) is 64.5 Å². The van der Waals surface area contributed by atoms with E-state index in [0.29, 0.717) is 26.2 Å². The molecular weight excluding hydrogens is 400 g/mol. The van der Waals surface area contributed by atoms with Crippen LogP contribution in [0.1, 0.15) is 30.9 Å². The molecule has 0 aliphatic heterocycles. The van der Waals surface area contributed by atoms with E-state index in [2.05, 4.69) is 58.9 Å². The van der Waals surface area contributed by atoms with Gasteiger partial charge in [-0.25, -0.2) is 0 Å². The second-order valence-electron chi connectivity index (χ2n) is 6.85. The fourth-order valence-corrected chi connectivity index (χ4v) is 5.13. The van der Waals surface area contributed by atoms with Gasteiger partial charge in [-0.15, -0.1) is 0 Å². The van der Waals surface area contributed by atoms with Gasteiger partial charge in [-0.3, -0.25) is 4.79 Å². The van der Waals surface area contributed by atoms with E-state index in [1.807, 2.05) is 24.8 Å². The van der Waals surface area contributed by atoms with Gasteiger partial charge in [-0.05, 0) is 49.3 Å². The van der Waals surface area contributed by atoms with Gasteiger partial charge in [0.05, 0.1) is 16.8 Å². The van der Waals surface area contributed by atoms with Crippen LogP contribution in [0.15, 0.2) is 53.5 Å². The van der Waals surface area contributed by atoms with Gasteiger partial charge in [0.15, 0.2) is 4.80 Å². The van der Waals surface area contributed by atoms with Crippen molar-refractivity contribution < 1.29 is 9.53 Å². The lowest BCUT2D eigenvalue weighted by atomic mass is 10.2. The lowest BCUT2D eigenvalue weighted by molar-refractivity contribution is -0.118. The standard InChI is InChI=1S/C23H28N2O2S2/c1-3-27-14-13-25-20-12-11-18(2)16-21(20)29-23(25)24-22(26)10-7-15-28-17-19-8-5-4-6-9-19/h4-6,8-9,11-12,16H,3,7,10,13-15,17H2,1-2H3. The van der Waals surface area contributed by atoms with Crippen molar-refractivity contribution in [3.63, 3.8) is 0 Å². The van der Waals surface area contributed by atoms with Crippen LogP contribution in [0.5, 0.6) is 0 Å². The Morgan fingerprint density at radius 3 is 2.83 bits per heavy atom. The van der Waals surface area contributed by atoms with E-state index in [4.69, 9.17) is 4.74 Å². The fourth-order valence-electron chi connectivity index (χ4n) is 3.03. The summed E-state index contributed by atoms with van der Waals surface area (Å²) < 4.78 is 8.79. The van der Waals surface area contributed by atoms with Gasteiger partial charge in [0.25, 0.3) is 0 Å². The first-order valence-corrected chi connectivity index (χ1v) is 12.0. The topological polar surface area (TPSA) is 43.6 Å². The molecule has 0 N–H and O–H groups in total. The maximum atomic E-state index is 12.5. The summed E-state index contributed by atoms with van der Waals surface area (Å²) in [5, 5.41) is 0. The van der Waals surface area contributed by atoms with Crippen LogP contribution in [0.3, 0.4) is 0 Å². The molecule has 0 aliphatic rings. The molecule has 3 rings (SSSR count). The Hall–Kier alpha value is -1.89. The number of carbonyl (C=O) groups excluding carboxylic acids is 1. The van der Waals surface area contributed by atoms with E-state index in [-0.39, 0.29) is 5.91 Å². The van der Waals surface area contributed by atoms with Crippen LogP contribution in [0.2, 0.25) is 0 Å². The molecule has 0 saturated heterocycles. The Balaban J connectivity index is 1.61. The number of fused-ring (bicyclic) bond motifs is 1. The molecule has 0 fully saturated rings. The van der Waals surface area contributed by atoms with E-state index in [9.17, 15) is 4.79 Å². The first-order valence-electron chi connectivity index (χ1n) is 10.0. The molecule has 0 radical (unpaired) electrons. The third-order valence-corrected chi connectivity index (χ3v) is 6.67. The molecule has 1 heterocycles. The molecular formula is C23H28N2O2S2. The Kier molecular flexibility index (Phi) is 8.52. The van der Waals surface area contributed by atoms with Crippen molar-refractivity contribution in [1.29, 1.82) is 0 Å². The maximum Gasteiger partial charge on any atom is 0.248 e. The SMILES string of the molecule is CCOCCn1c(=NC(=O)CCCSCc2ccccc2)sc2cc(C)ccc21. The van der Waals surface area contributed by atoms with Gasteiger partial charge in [0.1, 0.15) is 0 Å². The summed E-state index contributed by atoms with van der Waals surface area (Å²) in [5.41, 5.74) is 3.65. The number of carbonyl (C=O) groups is 1. The van der Waals surface area contributed by atoms with Crippen LogP contribution in [-0.2, 0) is 21.8 Å². The molecule has 4 nitrogen and oxygen atoms in total. The number of hydrogen-bond acceptors (Lipinski definition) is 4. The predicted molar refractivity (Wildman–Crippen MR) is 123 cm³/mol. The summed E-state index contributed by atoms with van der Waals surface area (Å²) in [4.78, 5) is 17.7. The minimum absolute atomic E-state index is 0.0428. The monoisotopic (exact) mass is 428 g/mol. The zero-order valence-electron chi connectivity index (χ0n) is 17.1. The number of thiazole rings is 1. The second-order valence-corrected chi connectivity index (χ2v) is 8.97. The van der Waals surface area contributed by atoms with Crippen molar-refractivity contribution in [2.45, 2.75) is 39.0 Å². The highest BCUT2D eigenvalue weighted by Crippen LogP contribution is 2.19. The van der Waals surface area contributed by atoms with Gasteiger partial charge in [0.2, 0.25) is 5.91 Å². The van der Waals surface area contributed by atoms with Crippen LogP contribution >= 0.6 is 23.1 Å². The van der Waals surface area contributed by atoms with Gasteiger partial charge < -0.3 is 9.30 Å². The van der Waals surface area contributed by atoms with Crippen molar-refractivity contribution >= 4 is 39.2 Å². The summed E-state index contributed by atoms with van der Waals surface area (Å²) in [7, 11) is 0. The maximum absolute atomic E-state index is 12.5. The Labute approximate surface area is 180 Å². The van der Waals surface area contributed by atoms with Crippen molar-refractivity contribution in [3.8, 4) is 0 Å². The van der Waals surface area contributed by atoms with E-state index >= 15 is 0 Å². The highest BCUT2D eigenvalue weighted by Gasteiger charge is 2.08. The number of aromatic nitrogens is 1. The molecule has 0 aliphatic carbocycles. The molecule has 154 valence electrons. The Morgan fingerprint density at radius 2 is 2.03 bits per heavy atom. The molecule has 1 amide bonds. The summed E-state index contributed by atoms with van der Waals surface area (Å²) in [5.74, 6) is 1.91. The lowest BCUT2D eigenvalue weighted by Gasteiger charge is -2.05. The van der Waals surface area contributed by atoms with Gasteiger partial charge in [-0.1, -0.05) is 47.7 Å². The number of amides is 1. The van der Waals surface area contributed by atoms with E-state index in [1.165, 1.54) is 11.1 Å². The molecule has 2 aromatic carbocycles. The first kappa shape index (κ1) is 21.8. The largest absolute Gasteiger partial charge is 0.380 e. The van der Waals surface area contributed by atoms with Crippen LogP contribution in [0, 0.1) is 6.92 Å². The third kappa shape index (κ3) is 6.56. The first-order chi connectivity index (χ1) is 14.2. The van der Waals surface area contributed by atoms with Gasteiger partial charge in [-0.2, -0.15) is 16.8 Å². The number of ether oxygens (including phenoxy) is 1. The molecule has 0 spiro atoms. The summed E-state index contributed by atoms with van der Waals surface area (Å²) >= 11 is 3.44. The zero-order chi connectivity index (χ0) is 20.5. The van der Waals surface area contributed by atoms with Gasteiger partial charge >= 0.3 is 0 Å². The minimum atomic E-state index is -0.0428. The number of thioether (sulfide) groups is 1. The zero-order valence-corrected chi connectivity index (χ0v) is 18.7. The minimum Gasteiger partial charge on any atom is -0.380 e. The van der Waals surface area contributed by atoms with Crippen LogP contribution in [0.4, 0.5) is 0 Å². The van der Waals surface area contributed by atoms with Crippen molar-refractivity contribution in [1.82, 2.24) is 4.57 Å². The summed E-state index contributed by atoms with van der Waals surface area (Å²) in [6.07, 6.45) is 1.34. The number of benzene rings is 2. The van der Waals surface area contributed by atoms with Crippen LogP contribution in [0.25, 0.3) is 10.2 Å². The van der Waals surface area contributed by atoms with Gasteiger partial charge in [0, 0.05) is 25.3 Å². The Bertz CT molecular complexity index is 993. The normalized spacial score (nSPS) is 12.0. The molecule has 1 aromatic heterocycles. The second kappa shape index (κ2) is 11.3. The molecule has 0 bridgehead atoms. The van der Waals surface area contributed by atoms with Crippen LogP contribution in [-0.4, -0.2) is 29.4 Å². The molecule has 0 atom stereocenters. The third-order valence-electron chi connectivity index (χ3n) is 4.51. The summed E-state index contributed by atoms with van der Waals surface area (Å²) in [6, 6.07) is 16.8. The molecule has 3 aromatic rings. The quantitative estimate of drug-likeness (QED) is 0.418. The van der Waals surface area contributed by atoms with E-state index < -0.39 is 0 Å². The number of aryl methyl sites for hydroxylation is 1. The average molecular weight is 429 g/mol. The molecule has 0 saturated carbocycles. The Morgan fingerprint density at radius 1 is 1.21 bits per heavy atom. The fraction of sp³-hybridized carbons (Fsp3) is 0.391. The predicted octanol–water partition coefficient (Wildman–Crippen LogP) is 5.19. The van der Waals surface area contributed by atoms with Crippen LogP contribution < -0.4 is 4.80 Å². The number of hydrogen-bond donors (Lipinski definition) is 0. The average Bonchev–Trinajstić information content (AvgIpc) is 3.04. The van der Waals surface area contributed by atoms with Crippen molar-refractivity contribution in [2.75, 3.05) is 19.0 Å². The molecule has 29 heavy (non-hydrogen) atoms. The van der Waals surface area contributed by atoms with E-state index in [0.717, 1.165) is 32.9 Å². The molecule has 6 heteroatoms. The highest BCUT2D eigenvalue weighted by atomic mass is 32.2. The van der Waals surface area contributed by atoms with Crippen molar-refractivity contribution in [2.24, 2.45) is 4.99 Å². The number of nitrogens with zero attached hydrogens (tertiary/aromatic N) is 2. The smallest absolute Gasteiger partial charge is 0.248 e. The lowest BCUT2D eigenvalue weighted by Crippen LogP contribution is -2.19. The highest BCUT2D eigenvalue weighted by molar-refractivity contribution is 7.98. The number of rotatable bonds is 10. The summed E-state index contributed by atoms with van der Waals surface area (Å²) in [6.45, 7) is 6.08.